The maximum absolute atomic E-state index is 5.38. The predicted molar refractivity (Wildman–Crippen MR) is 77.8 cm³/mol. The quantitative estimate of drug-likeness (QED) is 0.857. The highest BCUT2D eigenvalue weighted by molar-refractivity contribution is 9.11. The summed E-state index contributed by atoms with van der Waals surface area (Å²) in [5, 5.41) is 7.41. The average Bonchev–Trinajstić information content (AvgIpc) is 2.97. The van der Waals surface area contributed by atoms with Crippen LogP contribution in [0.3, 0.4) is 0 Å². The molecule has 7 heteroatoms. The van der Waals surface area contributed by atoms with Crippen molar-refractivity contribution in [1.82, 2.24) is 20.4 Å². The molecule has 2 aromatic rings. The lowest BCUT2D eigenvalue weighted by Gasteiger charge is -2.08. The van der Waals surface area contributed by atoms with Gasteiger partial charge in [-0.05, 0) is 57.8 Å². The molecule has 3 heterocycles. The zero-order chi connectivity index (χ0) is 13.4. The third-order valence-electron chi connectivity index (χ3n) is 3.30. The molecule has 0 bridgehead atoms. The molecule has 0 aliphatic carbocycles. The van der Waals surface area contributed by atoms with E-state index in [1.54, 1.807) is 6.20 Å². The van der Waals surface area contributed by atoms with E-state index in [9.17, 15) is 0 Å². The van der Waals surface area contributed by atoms with E-state index < -0.39 is 0 Å². The van der Waals surface area contributed by atoms with E-state index in [1.165, 1.54) is 0 Å². The van der Waals surface area contributed by atoms with Crippen molar-refractivity contribution in [2.45, 2.75) is 25.3 Å². The maximum Gasteiger partial charge on any atom is 0.231 e. The summed E-state index contributed by atoms with van der Waals surface area (Å²) < 4.78 is 7.13. The summed E-state index contributed by atoms with van der Waals surface area (Å²) >= 11 is 6.83. The fraction of sp³-hybridized carbons (Fsp3) is 0.417. The highest BCUT2D eigenvalue weighted by Gasteiger charge is 2.29. The number of halogens is 2. The zero-order valence-electron chi connectivity index (χ0n) is 10.2. The van der Waals surface area contributed by atoms with Crippen molar-refractivity contribution in [3.05, 3.63) is 27.1 Å². The van der Waals surface area contributed by atoms with Gasteiger partial charge in [0.2, 0.25) is 11.7 Å². The first kappa shape index (κ1) is 13.2. The molecule has 3 rings (SSSR count). The standard InChI is InChI=1S/C12H12Br2N4O/c1-6-8(2-3-15-6)12-17-11(18-19-12)10-9(14)4-7(13)5-16-10/h4-6,8,15H,2-3H2,1H3. The topological polar surface area (TPSA) is 63.8 Å². The summed E-state index contributed by atoms with van der Waals surface area (Å²) in [6, 6.07) is 2.28. The lowest BCUT2D eigenvalue weighted by atomic mass is 10.0. The molecule has 5 nitrogen and oxygen atoms in total. The van der Waals surface area contributed by atoms with Gasteiger partial charge in [-0.15, -0.1) is 0 Å². The second-order valence-electron chi connectivity index (χ2n) is 4.58. The summed E-state index contributed by atoms with van der Waals surface area (Å²) in [5.41, 5.74) is 0.691. The second-order valence-corrected chi connectivity index (χ2v) is 6.35. The van der Waals surface area contributed by atoms with Crippen molar-refractivity contribution in [2.24, 2.45) is 0 Å². The number of nitrogens with zero attached hydrogens (tertiary/aromatic N) is 3. The maximum atomic E-state index is 5.38. The molecule has 0 aromatic carbocycles. The van der Waals surface area contributed by atoms with E-state index >= 15 is 0 Å². The molecule has 2 unspecified atom stereocenters. The van der Waals surface area contributed by atoms with Gasteiger partial charge in [0, 0.05) is 21.2 Å². The van der Waals surface area contributed by atoms with Crippen LogP contribution in [-0.4, -0.2) is 27.7 Å². The zero-order valence-corrected chi connectivity index (χ0v) is 13.4. The van der Waals surface area contributed by atoms with E-state index in [0.29, 0.717) is 23.5 Å². The highest BCUT2D eigenvalue weighted by Crippen LogP contribution is 2.30. The van der Waals surface area contributed by atoms with Crippen LogP contribution in [0.5, 0.6) is 0 Å². The van der Waals surface area contributed by atoms with Gasteiger partial charge >= 0.3 is 0 Å². The van der Waals surface area contributed by atoms with Crippen molar-refractivity contribution in [1.29, 1.82) is 0 Å². The smallest absolute Gasteiger partial charge is 0.231 e. The molecule has 1 aliphatic heterocycles. The summed E-state index contributed by atoms with van der Waals surface area (Å²) in [4.78, 5) is 8.79. The second kappa shape index (κ2) is 5.30. The van der Waals surface area contributed by atoms with Gasteiger partial charge in [-0.3, -0.25) is 4.98 Å². The molecule has 0 spiro atoms. The molecular weight excluding hydrogens is 376 g/mol. The van der Waals surface area contributed by atoms with Crippen molar-refractivity contribution in [3.8, 4) is 11.5 Å². The van der Waals surface area contributed by atoms with Crippen molar-refractivity contribution >= 4 is 31.9 Å². The Morgan fingerprint density at radius 3 is 2.95 bits per heavy atom. The Kier molecular flexibility index (Phi) is 3.68. The summed E-state index contributed by atoms with van der Waals surface area (Å²) in [5.74, 6) is 1.49. The lowest BCUT2D eigenvalue weighted by Crippen LogP contribution is -2.21. The molecule has 0 amide bonds. The highest BCUT2D eigenvalue weighted by atomic mass is 79.9. The molecule has 2 aromatic heterocycles. The van der Waals surface area contributed by atoms with Crippen LogP contribution in [0, 0.1) is 0 Å². The summed E-state index contributed by atoms with van der Waals surface area (Å²) in [7, 11) is 0. The fourth-order valence-corrected chi connectivity index (χ4v) is 3.42. The molecule has 1 saturated heterocycles. The normalized spacial score (nSPS) is 22.9. The molecule has 100 valence electrons. The minimum Gasteiger partial charge on any atom is -0.339 e. The van der Waals surface area contributed by atoms with Crippen LogP contribution in [0.2, 0.25) is 0 Å². The lowest BCUT2D eigenvalue weighted by molar-refractivity contribution is 0.345. The van der Waals surface area contributed by atoms with Crippen LogP contribution in [0.15, 0.2) is 25.7 Å². The summed E-state index contributed by atoms with van der Waals surface area (Å²) in [6.07, 6.45) is 2.74. The monoisotopic (exact) mass is 386 g/mol. The van der Waals surface area contributed by atoms with Crippen LogP contribution in [0.4, 0.5) is 0 Å². The molecule has 0 radical (unpaired) electrons. The Balaban J connectivity index is 1.92. The molecule has 1 N–H and O–H groups in total. The number of aromatic nitrogens is 3. The minimum absolute atomic E-state index is 0.287. The third kappa shape index (κ3) is 2.59. The number of nitrogens with one attached hydrogen (secondary N) is 1. The molecule has 0 saturated carbocycles. The number of hydrogen-bond donors (Lipinski definition) is 1. The van der Waals surface area contributed by atoms with Crippen molar-refractivity contribution < 1.29 is 4.52 Å². The number of pyridine rings is 1. The Hall–Kier alpha value is -0.790. The van der Waals surface area contributed by atoms with E-state index in [4.69, 9.17) is 4.52 Å². The molecule has 1 aliphatic rings. The van der Waals surface area contributed by atoms with Gasteiger partial charge in [-0.25, -0.2) is 0 Å². The minimum atomic E-state index is 0.287. The van der Waals surface area contributed by atoms with Gasteiger partial charge in [0.1, 0.15) is 5.69 Å². The van der Waals surface area contributed by atoms with Crippen LogP contribution < -0.4 is 5.32 Å². The van der Waals surface area contributed by atoms with E-state index in [-0.39, 0.29) is 5.92 Å². The van der Waals surface area contributed by atoms with Gasteiger partial charge in [0.25, 0.3) is 0 Å². The average molecular weight is 388 g/mol. The molecular formula is C12H12Br2N4O. The first-order valence-corrected chi connectivity index (χ1v) is 7.62. The van der Waals surface area contributed by atoms with Gasteiger partial charge in [0.05, 0.1) is 5.92 Å². The SMILES string of the molecule is CC1NCCC1c1nc(-c2ncc(Br)cc2Br)no1. The van der Waals surface area contributed by atoms with Crippen LogP contribution in [0.25, 0.3) is 11.5 Å². The number of hydrogen-bond acceptors (Lipinski definition) is 5. The predicted octanol–water partition coefficient (Wildman–Crippen LogP) is 3.12. The summed E-state index contributed by atoms with van der Waals surface area (Å²) in [6.45, 7) is 3.12. The Morgan fingerprint density at radius 1 is 1.42 bits per heavy atom. The largest absolute Gasteiger partial charge is 0.339 e. The van der Waals surface area contributed by atoms with Crippen molar-refractivity contribution in [2.75, 3.05) is 6.54 Å². The van der Waals surface area contributed by atoms with Gasteiger partial charge in [0.15, 0.2) is 0 Å². The van der Waals surface area contributed by atoms with Crippen LogP contribution >= 0.6 is 31.9 Å². The van der Waals surface area contributed by atoms with E-state index in [2.05, 4.69) is 59.2 Å². The van der Waals surface area contributed by atoms with Gasteiger partial charge in [-0.1, -0.05) is 5.16 Å². The third-order valence-corrected chi connectivity index (χ3v) is 4.34. The van der Waals surface area contributed by atoms with Gasteiger partial charge in [-0.2, -0.15) is 4.98 Å². The van der Waals surface area contributed by atoms with Crippen LogP contribution in [-0.2, 0) is 0 Å². The first-order chi connectivity index (χ1) is 9.15. The molecule has 19 heavy (non-hydrogen) atoms. The Labute approximate surface area is 127 Å². The molecule has 1 fully saturated rings. The van der Waals surface area contributed by atoms with E-state index in [1.807, 2.05) is 6.07 Å². The van der Waals surface area contributed by atoms with Gasteiger partial charge < -0.3 is 9.84 Å². The fourth-order valence-electron chi connectivity index (χ4n) is 2.26. The van der Waals surface area contributed by atoms with Crippen LogP contribution in [0.1, 0.15) is 25.2 Å². The molecule has 2 atom stereocenters. The van der Waals surface area contributed by atoms with E-state index in [0.717, 1.165) is 21.9 Å². The first-order valence-electron chi connectivity index (χ1n) is 6.03. The Bertz CT molecular complexity index is 601. The van der Waals surface area contributed by atoms with Crippen molar-refractivity contribution in [3.63, 3.8) is 0 Å². The Morgan fingerprint density at radius 2 is 2.26 bits per heavy atom. The number of rotatable bonds is 2.